The average Bonchev–Trinajstić information content (AvgIpc) is 3.06. The number of rotatable bonds is 4. The highest BCUT2D eigenvalue weighted by molar-refractivity contribution is 6.31. The fourth-order valence-corrected chi connectivity index (χ4v) is 2.96. The number of nitrogens with zero attached hydrogens (tertiary/aromatic N) is 1. The number of aromatic nitrogens is 2. The van der Waals surface area contributed by atoms with Crippen LogP contribution in [0.1, 0.15) is 5.56 Å². The first-order valence-electron chi connectivity index (χ1n) is 7.93. The summed E-state index contributed by atoms with van der Waals surface area (Å²) in [5, 5.41) is 3.62. The predicted octanol–water partition coefficient (Wildman–Crippen LogP) is 5.63. The quantitative estimate of drug-likeness (QED) is 0.500. The first kappa shape index (κ1) is 15.7. The van der Waals surface area contributed by atoms with Gasteiger partial charge in [0, 0.05) is 28.4 Å². The molecule has 4 rings (SSSR count). The topological polar surface area (TPSA) is 40.7 Å². The van der Waals surface area contributed by atoms with Gasteiger partial charge in [0.25, 0.3) is 0 Å². The van der Waals surface area contributed by atoms with E-state index in [0.29, 0.717) is 17.1 Å². The van der Waals surface area contributed by atoms with Gasteiger partial charge in [-0.2, -0.15) is 0 Å². The van der Waals surface area contributed by atoms with Crippen LogP contribution >= 0.6 is 11.6 Å². The number of aromatic amines is 1. The van der Waals surface area contributed by atoms with Crippen molar-refractivity contribution in [2.75, 3.05) is 5.32 Å². The molecule has 4 aromatic rings. The van der Waals surface area contributed by atoms with Crippen molar-refractivity contribution in [2.24, 2.45) is 0 Å². The molecule has 124 valence electrons. The van der Waals surface area contributed by atoms with Gasteiger partial charge in [-0.05, 0) is 48.5 Å². The Bertz CT molecular complexity index is 971. The van der Waals surface area contributed by atoms with Crippen LogP contribution in [0.4, 0.5) is 10.1 Å². The van der Waals surface area contributed by atoms with E-state index in [1.54, 1.807) is 12.1 Å². The Labute approximate surface area is 149 Å². The van der Waals surface area contributed by atoms with Gasteiger partial charge in [0.05, 0.1) is 11.0 Å². The van der Waals surface area contributed by atoms with E-state index < -0.39 is 0 Å². The number of halogens is 2. The first-order chi connectivity index (χ1) is 12.2. The fraction of sp³-hybridized carbons (Fsp3) is 0.0500. The van der Waals surface area contributed by atoms with Crippen LogP contribution in [-0.4, -0.2) is 9.97 Å². The Morgan fingerprint density at radius 3 is 2.52 bits per heavy atom. The highest BCUT2D eigenvalue weighted by Crippen LogP contribution is 2.23. The van der Waals surface area contributed by atoms with Crippen molar-refractivity contribution in [3.05, 3.63) is 83.1 Å². The molecule has 0 atom stereocenters. The minimum atomic E-state index is -0.307. The van der Waals surface area contributed by atoms with Crippen LogP contribution in [0.25, 0.3) is 22.4 Å². The molecule has 5 heteroatoms. The molecule has 25 heavy (non-hydrogen) atoms. The summed E-state index contributed by atoms with van der Waals surface area (Å²) in [4.78, 5) is 7.89. The number of anilines is 1. The zero-order valence-electron chi connectivity index (χ0n) is 13.3. The second-order valence-electron chi connectivity index (χ2n) is 5.73. The van der Waals surface area contributed by atoms with E-state index in [0.717, 1.165) is 28.1 Å². The van der Waals surface area contributed by atoms with Gasteiger partial charge in [-0.25, -0.2) is 9.37 Å². The summed E-state index contributed by atoms with van der Waals surface area (Å²) in [6.07, 6.45) is 0. The van der Waals surface area contributed by atoms with Crippen molar-refractivity contribution < 1.29 is 4.39 Å². The smallest absolute Gasteiger partial charge is 0.138 e. The lowest BCUT2D eigenvalue weighted by Gasteiger charge is -2.09. The second-order valence-corrected chi connectivity index (χ2v) is 6.14. The fourth-order valence-electron chi connectivity index (χ4n) is 2.73. The highest BCUT2D eigenvalue weighted by Gasteiger charge is 2.07. The summed E-state index contributed by atoms with van der Waals surface area (Å²) in [5.74, 6) is 0.517. The summed E-state index contributed by atoms with van der Waals surface area (Å²) in [7, 11) is 0. The molecule has 0 saturated heterocycles. The highest BCUT2D eigenvalue weighted by atomic mass is 35.5. The summed E-state index contributed by atoms with van der Waals surface area (Å²) in [6, 6.07) is 20.5. The van der Waals surface area contributed by atoms with Gasteiger partial charge in [-0.1, -0.05) is 29.8 Å². The lowest BCUT2D eigenvalue weighted by atomic mass is 10.1. The monoisotopic (exact) mass is 351 g/mol. The van der Waals surface area contributed by atoms with Gasteiger partial charge < -0.3 is 10.3 Å². The van der Waals surface area contributed by atoms with E-state index >= 15 is 0 Å². The van der Waals surface area contributed by atoms with Gasteiger partial charge in [0.2, 0.25) is 0 Å². The second kappa shape index (κ2) is 6.57. The Balaban J connectivity index is 1.52. The molecule has 0 aliphatic rings. The summed E-state index contributed by atoms with van der Waals surface area (Å²) >= 11 is 6.05. The van der Waals surface area contributed by atoms with Crippen LogP contribution in [0.3, 0.4) is 0 Å². The number of nitrogens with one attached hydrogen (secondary N) is 2. The number of hydrogen-bond donors (Lipinski definition) is 2. The van der Waals surface area contributed by atoms with Crippen LogP contribution in [0, 0.1) is 5.82 Å². The summed E-state index contributed by atoms with van der Waals surface area (Å²) in [5.41, 5.74) is 4.29. The van der Waals surface area contributed by atoms with Crippen LogP contribution in [0.5, 0.6) is 0 Å². The maximum absolute atomic E-state index is 13.8. The van der Waals surface area contributed by atoms with E-state index in [-0.39, 0.29) is 5.82 Å². The van der Waals surface area contributed by atoms with Crippen LogP contribution in [0.15, 0.2) is 66.7 Å². The number of imidazole rings is 1. The van der Waals surface area contributed by atoms with Crippen molar-refractivity contribution in [2.45, 2.75) is 6.54 Å². The van der Waals surface area contributed by atoms with E-state index in [1.807, 2.05) is 48.5 Å². The van der Waals surface area contributed by atoms with Crippen molar-refractivity contribution in [3.8, 4) is 11.4 Å². The van der Waals surface area contributed by atoms with Crippen molar-refractivity contribution >= 4 is 28.3 Å². The molecular formula is C20H15ClFN3. The molecular weight excluding hydrogens is 337 g/mol. The first-order valence-corrected chi connectivity index (χ1v) is 8.30. The Morgan fingerprint density at radius 1 is 0.960 bits per heavy atom. The lowest BCUT2D eigenvalue weighted by Crippen LogP contribution is -2.02. The molecule has 0 saturated carbocycles. The van der Waals surface area contributed by atoms with Gasteiger partial charge >= 0.3 is 0 Å². The lowest BCUT2D eigenvalue weighted by molar-refractivity contribution is 0.613. The number of para-hydroxylation sites is 2. The normalized spacial score (nSPS) is 11.0. The van der Waals surface area contributed by atoms with Gasteiger partial charge in [-0.15, -0.1) is 0 Å². The summed E-state index contributed by atoms with van der Waals surface area (Å²) in [6.45, 7) is 0.329. The summed E-state index contributed by atoms with van der Waals surface area (Å²) < 4.78 is 13.8. The zero-order chi connectivity index (χ0) is 17.2. The van der Waals surface area contributed by atoms with E-state index in [2.05, 4.69) is 15.3 Å². The van der Waals surface area contributed by atoms with Crippen LogP contribution in [0.2, 0.25) is 5.02 Å². The molecule has 2 N–H and O–H groups in total. The maximum Gasteiger partial charge on any atom is 0.138 e. The number of fused-ring (bicyclic) bond motifs is 1. The van der Waals surface area contributed by atoms with E-state index in [1.165, 1.54) is 6.07 Å². The third-order valence-corrected chi connectivity index (χ3v) is 4.43. The van der Waals surface area contributed by atoms with Crippen molar-refractivity contribution in [3.63, 3.8) is 0 Å². The zero-order valence-corrected chi connectivity index (χ0v) is 14.0. The van der Waals surface area contributed by atoms with Gasteiger partial charge in [0.1, 0.15) is 11.6 Å². The molecule has 0 aliphatic carbocycles. The number of hydrogen-bond acceptors (Lipinski definition) is 2. The minimum Gasteiger partial charge on any atom is -0.381 e. The molecule has 0 amide bonds. The SMILES string of the molecule is Fc1cccc(Cl)c1CNc1ccc(-c2nc3ccccc3[nH]2)cc1. The molecule has 0 spiro atoms. The maximum atomic E-state index is 13.8. The van der Waals surface area contributed by atoms with Crippen LogP contribution in [-0.2, 0) is 6.54 Å². The van der Waals surface area contributed by atoms with Crippen molar-refractivity contribution in [1.29, 1.82) is 0 Å². The largest absolute Gasteiger partial charge is 0.381 e. The molecule has 3 nitrogen and oxygen atoms in total. The van der Waals surface area contributed by atoms with E-state index in [4.69, 9.17) is 11.6 Å². The third-order valence-electron chi connectivity index (χ3n) is 4.08. The molecule has 0 aliphatic heterocycles. The molecule has 1 aromatic heterocycles. The average molecular weight is 352 g/mol. The standard InChI is InChI=1S/C20H15ClFN3/c21-16-4-3-5-17(22)15(16)12-23-14-10-8-13(9-11-14)20-24-18-6-1-2-7-19(18)25-20/h1-11,23H,12H2,(H,24,25). The predicted molar refractivity (Wildman–Crippen MR) is 100 cm³/mol. The van der Waals surface area contributed by atoms with Crippen LogP contribution < -0.4 is 5.32 Å². The molecule has 0 fully saturated rings. The number of benzene rings is 3. The Kier molecular flexibility index (Phi) is 4.12. The molecule has 0 radical (unpaired) electrons. The minimum absolute atomic E-state index is 0.307. The van der Waals surface area contributed by atoms with E-state index in [9.17, 15) is 4.39 Å². The molecule has 1 heterocycles. The van der Waals surface area contributed by atoms with Gasteiger partial charge in [-0.3, -0.25) is 0 Å². The Hall–Kier alpha value is -2.85. The molecule has 3 aromatic carbocycles. The molecule has 0 unspecified atom stereocenters. The third kappa shape index (κ3) is 3.21. The van der Waals surface area contributed by atoms with Gasteiger partial charge in [0.15, 0.2) is 0 Å². The number of H-pyrrole nitrogens is 1. The Morgan fingerprint density at radius 2 is 1.76 bits per heavy atom. The molecule has 0 bridgehead atoms. The van der Waals surface area contributed by atoms with Crippen molar-refractivity contribution in [1.82, 2.24) is 9.97 Å².